The summed E-state index contributed by atoms with van der Waals surface area (Å²) in [5, 5.41) is 3.40. The number of thioether (sulfide) groups is 1. The number of likely N-dealkylation sites (tertiary alicyclic amines) is 1. The third-order valence-corrected chi connectivity index (χ3v) is 4.46. The van der Waals surface area contributed by atoms with Crippen molar-refractivity contribution in [3.8, 4) is 0 Å². The van der Waals surface area contributed by atoms with Gasteiger partial charge in [0.2, 0.25) is 0 Å². The number of hydrogen-bond donors (Lipinski definition) is 1. The first kappa shape index (κ1) is 12.5. The Balaban J connectivity index is 1.66. The van der Waals surface area contributed by atoms with E-state index in [2.05, 4.69) is 5.32 Å². The van der Waals surface area contributed by atoms with Crippen LogP contribution in [0.3, 0.4) is 0 Å². The Kier molecular flexibility index (Phi) is 4.15. The zero-order chi connectivity index (χ0) is 12.3. The Morgan fingerprint density at radius 3 is 2.94 bits per heavy atom. The van der Waals surface area contributed by atoms with E-state index in [-0.39, 0.29) is 18.4 Å². The van der Waals surface area contributed by atoms with Crippen LogP contribution < -0.4 is 5.32 Å². The maximum absolute atomic E-state index is 11.8. The highest BCUT2D eigenvalue weighted by atomic mass is 32.2. The minimum Gasteiger partial charge on any atom is -0.466 e. The molecule has 2 heterocycles. The molecule has 0 aliphatic carbocycles. The monoisotopic (exact) mass is 258 g/mol. The first-order valence-electron chi connectivity index (χ1n) is 6.02. The van der Waals surface area contributed by atoms with Gasteiger partial charge < -0.3 is 15.0 Å². The van der Waals surface area contributed by atoms with Crippen LogP contribution in [0.2, 0.25) is 0 Å². The van der Waals surface area contributed by atoms with Gasteiger partial charge in [-0.25, -0.2) is 4.79 Å². The lowest BCUT2D eigenvalue weighted by molar-refractivity contribution is -0.142. The number of hydrogen-bond acceptors (Lipinski definition) is 4. The first-order valence-corrected chi connectivity index (χ1v) is 7.07. The number of fused-ring (bicyclic) bond motifs is 2. The molecule has 2 rings (SSSR count). The smallest absolute Gasteiger partial charge is 0.317 e. The van der Waals surface area contributed by atoms with Gasteiger partial charge in [0.1, 0.15) is 0 Å². The number of urea groups is 1. The minimum absolute atomic E-state index is 0.0397. The molecule has 0 aromatic carbocycles. The van der Waals surface area contributed by atoms with E-state index in [9.17, 15) is 9.59 Å². The van der Waals surface area contributed by atoms with Crippen LogP contribution >= 0.6 is 11.8 Å². The van der Waals surface area contributed by atoms with Crippen LogP contribution in [0, 0.1) is 0 Å². The molecule has 0 saturated carbocycles. The summed E-state index contributed by atoms with van der Waals surface area (Å²) in [7, 11) is 0. The second-order valence-electron chi connectivity index (χ2n) is 4.28. The average Bonchev–Trinajstić information content (AvgIpc) is 2.90. The van der Waals surface area contributed by atoms with E-state index in [1.165, 1.54) is 0 Å². The van der Waals surface area contributed by atoms with E-state index in [1.54, 1.807) is 6.92 Å². The Morgan fingerprint density at radius 2 is 2.35 bits per heavy atom. The van der Waals surface area contributed by atoms with Crippen molar-refractivity contribution in [2.75, 3.05) is 25.4 Å². The van der Waals surface area contributed by atoms with Gasteiger partial charge >= 0.3 is 12.0 Å². The molecule has 2 atom stereocenters. The number of nitrogens with zero attached hydrogens (tertiary/aromatic N) is 1. The molecule has 0 aromatic rings. The van der Waals surface area contributed by atoms with Crippen molar-refractivity contribution in [1.29, 1.82) is 0 Å². The Hall–Kier alpha value is -0.910. The summed E-state index contributed by atoms with van der Waals surface area (Å²) in [5.41, 5.74) is 0. The fraction of sp³-hybridized carbons (Fsp3) is 0.818. The van der Waals surface area contributed by atoms with Crippen molar-refractivity contribution in [2.45, 2.75) is 31.1 Å². The van der Waals surface area contributed by atoms with Crippen LogP contribution in [-0.2, 0) is 9.53 Å². The molecule has 2 amide bonds. The molecule has 0 aromatic heterocycles. The third-order valence-electron chi connectivity index (χ3n) is 3.07. The predicted molar refractivity (Wildman–Crippen MR) is 66.0 cm³/mol. The predicted octanol–water partition coefficient (Wildman–Crippen LogP) is 0.839. The molecule has 0 radical (unpaired) electrons. The summed E-state index contributed by atoms with van der Waals surface area (Å²) in [6.07, 6.45) is 1.37. The minimum atomic E-state index is -0.258. The summed E-state index contributed by atoms with van der Waals surface area (Å²) in [4.78, 5) is 24.8. The second kappa shape index (κ2) is 5.62. The van der Waals surface area contributed by atoms with Gasteiger partial charge in [-0.2, -0.15) is 11.8 Å². The van der Waals surface area contributed by atoms with E-state index < -0.39 is 0 Å². The SMILES string of the molecule is CCOC(=O)CCNC(=O)N1C[C@H]2C[C@H]1CS2. The number of rotatable bonds is 4. The largest absolute Gasteiger partial charge is 0.466 e. The average molecular weight is 258 g/mol. The van der Waals surface area contributed by atoms with Crippen molar-refractivity contribution in [2.24, 2.45) is 0 Å². The lowest BCUT2D eigenvalue weighted by Gasteiger charge is -2.26. The number of nitrogens with one attached hydrogen (secondary N) is 1. The topological polar surface area (TPSA) is 58.6 Å². The molecular formula is C11H18N2O3S. The lowest BCUT2D eigenvalue weighted by atomic mass is 10.2. The summed E-state index contributed by atoms with van der Waals surface area (Å²) in [6, 6.07) is 0.356. The third kappa shape index (κ3) is 3.06. The molecular weight excluding hydrogens is 240 g/mol. The number of amides is 2. The van der Waals surface area contributed by atoms with Gasteiger partial charge in [0.25, 0.3) is 0 Å². The first-order chi connectivity index (χ1) is 8.20. The molecule has 2 aliphatic rings. The summed E-state index contributed by atoms with van der Waals surface area (Å²) < 4.78 is 4.79. The molecule has 6 heteroatoms. The van der Waals surface area contributed by atoms with E-state index in [0.29, 0.717) is 24.4 Å². The summed E-state index contributed by atoms with van der Waals surface area (Å²) >= 11 is 1.95. The maximum atomic E-state index is 11.8. The van der Waals surface area contributed by atoms with Crippen LogP contribution in [-0.4, -0.2) is 53.6 Å². The van der Waals surface area contributed by atoms with E-state index in [1.807, 2.05) is 16.7 Å². The number of carbonyl (C=O) groups is 2. The molecule has 2 fully saturated rings. The molecule has 0 spiro atoms. The van der Waals surface area contributed by atoms with Gasteiger partial charge in [0.05, 0.1) is 13.0 Å². The lowest BCUT2D eigenvalue weighted by Crippen LogP contribution is -2.45. The highest BCUT2D eigenvalue weighted by Gasteiger charge is 2.40. The second-order valence-corrected chi connectivity index (χ2v) is 5.62. The number of carbonyl (C=O) groups excluding carboxylic acids is 2. The van der Waals surface area contributed by atoms with E-state index in [4.69, 9.17) is 4.74 Å². The summed E-state index contributed by atoms with van der Waals surface area (Å²) in [5.74, 6) is 0.793. The highest BCUT2D eigenvalue weighted by Crippen LogP contribution is 2.37. The standard InChI is InChI=1S/C11H18N2O3S/c1-2-16-10(14)3-4-12-11(15)13-6-9-5-8(13)7-17-9/h8-9H,2-7H2,1H3,(H,12,15)/t8-,9+/m0/s1. The molecule has 17 heavy (non-hydrogen) atoms. The van der Waals surface area contributed by atoms with Crippen molar-refractivity contribution < 1.29 is 14.3 Å². The van der Waals surface area contributed by atoms with Gasteiger partial charge in [0.15, 0.2) is 0 Å². The zero-order valence-electron chi connectivity index (χ0n) is 9.98. The Labute approximate surface area is 105 Å². The highest BCUT2D eigenvalue weighted by molar-refractivity contribution is 8.00. The van der Waals surface area contributed by atoms with Gasteiger partial charge in [-0.3, -0.25) is 4.79 Å². The van der Waals surface area contributed by atoms with Gasteiger partial charge in [-0.05, 0) is 13.3 Å². The normalized spacial score (nSPS) is 26.1. The van der Waals surface area contributed by atoms with E-state index >= 15 is 0 Å². The molecule has 0 unspecified atom stereocenters. The molecule has 5 nitrogen and oxygen atoms in total. The van der Waals surface area contributed by atoms with Crippen LogP contribution in [0.1, 0.15) is 19.8 Å². The number of ether oxygens (including phenoxy) is 1. The maximum Gasteiger partial charge on any atom is 0.317 e. The molecule has 2 bridgehead atoms. The Morgan fingerprint density at radius 1 is 1.53 bits per heavy atom. The van der Waals surface area contributed by atoms with Crippen LogP contribution in [0.4, 0.5) is 4.79 Å². The Bertz CT molecular complexity index is 311. The molecule has 2 aliphatic heterocycles. The van der Waals surface area contributed by atoms with Crippen molar-refractivity contribution in [1.82, 2.24) is 10.2 Å². The van der Waals surface area contributed by atoms with Gasteiger partial charge in [0, 0.05) is 30.1 Å². The fourth-order valence-electron chi connectivity index (χ4n) is 2.25. The van der Waals surface area contributed by atoms with Crippen LogP contribution in [0.5, 0.6) is 0 Å². The fourth-order valence-corrected chi connectivity index (χ4v) is 3.69. The van der Waals surface area contributed by atoms with Crippen molar-refractivity contribution in [3.63, 3.8) is 0 Å². The summed E-state index contributed by atoms with van der Waals surface area (Å²) in [6.45, 7) is 3.37. The quantitative estimate of drug-likeness (QED) is 0.759. The zero-order valence-corrected chi connectivity index (χ0v) is 10.8. The molecule has 1 N–H and O–H groups in total. The van der Waals surface area contributed by atoms with E-state index in [0.717, 1.165) is 18.7 Å². The van der Waals surface area contributed by atoms with Gasteiger partial charge in [-0.1, -0.05) is 0 Å². The van der Waals surface area contributed by atoms with Crippen molar-refractivity contribution in [3.05, 3.63) is 0 Å². The van der Waals surface area contributed by atoms with Crippen molar-refractivity contribution >= 4 is 23.8 Å². The van der Waals surface area contributed by atoms with Gasteiger partial charge in [-0.15, -0.1) is 0 Å². The molecule has 96 valence electrons. The van der Waals surface area contributed by atoms with Crippen LogP contribution in [0.15, 0.2) is 0 Å². The molecule has 2 saturated heterocycles. The number of esters is 1. The van der Waals surface area contributed by atoms with Crippen LogP contribution in [0.25, 0.3) is 0 Å².